The molecule has 1 aromatic carbocycles. The minimum absolute atomic E-state index is 0.0168. The van der Waals surface area contributed by atoms with E-state index in [9.17, 15) is 22.8 Å². The smallest absolute Gasteiger partial charge is 0.328 e. The van der Waals surface area contributed by atoms with E-state index in [0.717, 1.165) is 4.90 Å². The van der Waals surface area contributed by atoms with Crippen molar-refractivity contribution in [1.82, 2.24) is 20.3 Å². The maximum absolute atomic E-state index is 12.6. The number of carbonyl (C=O) groups excluding carboxylic acids is 3. The second-order valence-corrected chi connectivity index (χ2v) is 8.27. The molecule has 3 rings (SSSR count). The number of rotatable bonds is 4. The molecule has 0 aromatic heterocycles. The van der Waals surface area contributed by atoms with Crippen LogP contribution in [0.2, 0.25) is 0 Å². The Kier molecular flexibility index (Phi) is 5.78. The lowest BCUT2D eigenvalue weighted by molar-refractivity contribution is -0.122. The molecule has 0 aliphatic carbocycles. The Hall–Kier alpha value is -3.08. The van der Waals surface area contributed by atoms with Crippen LogP contribution >= 0.6 is 0 Å². The summed E-state index contributed by atoms with van der Waals surface area (Å²) in [6.45, 7) is 2.20. The first-order chi connectivity index (χ1) is 13.7. The molecule has 0 spiro atoms. The van der Waals surface area contributed by atoms with E-state index in [0.29, 0.717) is 29.7 Å². The van der Waals surface area contributed by atoms with Crippen molar-refractivity contribution in [2.24, 2.45) is 0 Å². The van der Waals surface area contributed by atoms with Crippen LogP contribution in [0.15, 0.2) is 29.2 Å². The van der Waals surface area contributed by atoms with Gasteiger partial charge in [-0.05, 0) is 36.1 Å². The van der Waals surface area contributed by atoms with Crippen molar-refractivity contribution in [1.29, 1.82) is 0 Å². The highest BCUT2D eigenvalue weighted by atomic mass is 32.2. The third-order valence-electron chi connectivity index (χ3n) is 4.66. The highest BCUT2D eigenvalue weighted by molar-refractivity contribution is 7.90. The highest BCUT2D eigenvalue weighted by Gasteiger charge is 2.29. The molecule has 2 heterocycles. The molecule has 1 unspecified atom stereocenters. The fourth-order valence-electron chi connectivity index (χ4n) is 3.17. The number of benzene rings is 1. The van der Waals surface area contributed by atoms with Gasteiger partial charge < -0.3 is 15.4 Å². The molecule has 0 bridgehead atoms. The van der Waals surface area contributed by atoms with Crippen molar-refractivity contribution in [3.8, 4) is 5.75 Å². The first kappa shape index (κ1) is 20.6. The number of nitrogens with one attached hydrogen (secondary N) is 3. The second kappa shape index (κ2) is 8.11. The number of urea groups is 2. The number of ether oxygens (including phenoxy) is 1. The molecule has 3 N–H and O–H groups in total. The summed E-state index contributed by atoms with van der Waals surface area (Å²) in [7, 11) is -2.76. The summed E-state index contributed by atoms with van der Waals surface area (Å²) in [4.78, 5) is 36.5. The summed E-state index contributed by atoms with van der Waals surface area (Å²) in [6, 6.07) is 1.30. The van der Waals surface area contributed by atoms with Crippen molar-refractivity contribution >= 4 is 28.0 Å². The number of aryl methyl sites for hydroxylation is 1. The molecule has 11 heteroatoms. The van der Waals surface area contributed by atoms with Gasteiger partial charge in [-0.3, -0.25) is 9.69 Å². The van der Waals surface area contributed by atoms with Crippen LogP contribution in [0.4, 0.5) is 9.59 Å². The number of nitrogens with zero attached hydrogens (tertiary/aromatic N) is 1. The first-order valence-electron chi connectivity index (χ1n) is 9.06. The normalized spacial score (nSPS) is 18.1. The number of hydrogen-bond acceptors (Lipinski definition) is 6. The Morgan fingerprint density at radius 3 is 2.69 bits per heavy atom. The van der Waals surface area contributed by atoms with Crippen molar-refractivity contribution < 1.29 is 27.5 Å². The van der Waals surface area contributed by atoms with E-state index in [1.54, 1.807) is 19.1 Å². The van der Waals surface area contributed by atoms with Crippen LogP contribution < -0.4 is 20.1 Å². The van der Waals surface area contributed by atoms with Gasteiger partial charge in [-0.1, -0.05) is 13.0 Å². The fraction of sp³-hybridized carbons (Fsp3) is 0.389. The van der Waals surface area contributed by atoms with E-state index in [1.165, 1.54) is 19.2 Å². The maximum Gasteiger partial charge on any atom is 0.328 e. The fourth-order valence-corrected chi connectivity index (χ4v) is 4.48. The SMILES string of the molecule is CCc1cc2c(cc1S(=O)(=O)NC(=O)NC)CC(NC(=O)N1CC=CC1=O)CO2. The van der Waals surface area contributed by atoms with Crippen LogP contribution in [0.25, 0.3) is 0 Å². The van der Waals surface area contributed by atoms with Gasteiger partial charge in [-0.15, -0.1) is 0 Å². The van der Waals surface area contributed by atoms with Gasteiger partial charge >= 0.3 is 12.1 Å². The standard InChI is InChI=1S/C18H22N4O6S/c1-3-11-8-14-12(9-15(11)29(26,27)21-17(24)19-2)7-13(10-28-14)20-18(25)22-6-4-5-16(22)23/h4-5,8-9,13H,3,6-7,10H2,1-2H3,(H,20,25)(H2,19,21,24). The molecular weight excluding hydrogens is 400 g/mol. The van der Waals surface area contributed by atoms with Gasteiger partial charge in [0.1, 0.15) is 12.4 Å². The number of carbonyl (C=O) groups is 3. The highest BCUT2D eigenvalue weighted by Crippen LogP contribution is 2.31. The number of hydrogen-bond donors (Lipinski definition) is 3. The van der Waals surface area contributed by atoms with E-state index in [4.69, 9.17) is 4.74 Å². The molecule has 0 radical (unpaired) electrons. The number of amides is 5. The summed E-state index contributed by atoms with van der Waals surface area (Å²) in [5.74, 6) is 0.144. The lowest BCUT2D eigenvalue weighted by Crippen LogP contribution is -2.49. The van der Waals surface area contributed by atoms with Gasteiger partial charge in [0, 0.05) is 19.7 Å². The molecule has 0 saturated heterocycles. The van der Waals surface area contributed by atoms with Crippen molar-refractivity contribution in [3.63, 3.8) is 0 Å². The summed E-state index contributed by atoms with van der Waals surface area (Å²) in [6.07, 6.45) is 3.67. The van der Waals surface area contributed by atoms with Crippen molar-refractivity contribution in [2.45, 2.75) is 30.7 Å². The third-order valence-corrected chi connectivity index (χ3v) is 6.07. The minimum Gasteiger partial charge on any atom is -0.491 e. The van der Waals surface area contributed by atoms with E-state index >= 15 is 0 Å². The zero-order valence-electron chi connectivity index (χ0n) is 16.0. The van der Waals surface area contributed by atoms with Crippen LogP contribution in [-0.4, -0.2) is 57.5 Å². The Balaban J connectivity index is 1.81. The zero-order valence-corrected chi connectivity index (χ0v) is 16.8. The Bertz CT molecular complexity index is 988. The van der Waals surface area contributed by atoms with Gasteiger partial charge in [-0.2, -0.15) is 0 Å². The number of imide groups is 1. The van der Waals surface area contributed by atoms with E-state index in [1.807, 2.05) is 4.72 Å². The van der Waals surface area contributed by atoms with Gasteiger partial charge in [0.25, 0.3) is 15.9 Å². The van der Waals surface area contributed by atoms with Crippen LogP contribution in [0, 0.1) is 0 Å². The van der Waals surface area contributed by atoms with Crippen molar-refractivity contribution in [2.75, 3.05) is 20.2 Å². The second-order valence-electron chi connectivity index (χ2n) is 6.62. The van der Waals surface area contributed by atoms with Crippen LogP contribution in [0.5, 0.6) is 5.75 Å². The Morgan fingerprint density at radius 2 is 2.07 bits per heavy atom. The molecular formula is C18H22N4O6S. The average Bonchev–Trinajstić information content (AvgIpc) is 3.12. The predicted octanol–water partition coefficient (Wildman–Crippen LogP) is 0.278. The van der Waals surface area contributed by atoms with E-state index in [2.05, 4.69) is 10.6 Å². The third kappa shape index (κ3) is 4.34. The average molecular weight is 422 g/mol. The topological polar surface area (TPSA) is 134 Å². The van der Waals surface area contributed by atoms with Gasteiger partial charge in [0.15, 0.2) is 0 Å². The lowest BCUT2D eigenvalue weighted by atomic mass is 10.00. The predicted molar refractivity (Wildman–Crippen MR) is 103 cm³/mol. The molecule has 0 fully saturated rings. The van der Waals surface area contributed by atoms with E-state index in [-0.39, 0.29) is 24.0 Å². The van der Waals surface area contributed by atoms with Crippen LogP contribution in [0.1, 0.15) is 18.1 Å². The van der Waals surface area contributed by atoms with Gasteiger partial charge in [-0.25, -0.2) is 22.7 Å². The minimum atomic E-state index is -4.07. The largest absolute Gasteiger partial charge is 0.491 e. The first-order valence-corrected chi connectivity index (χ1v) is 10.5. The molecule has 2 aliphatic rings. The number of fused-ring (bicyclic) bond motifs is 1. The molecule has 5 amide bonds. The summed E-state index contributed by atoms with van der Waals surface area (Å²) >= 11 is 0. The summed E-state index contributed by atoms with van der Waals surface area (Å²) in [5.41, 5.74) is 1.10. The molecule has 1 aromatic rings. The molecule has 156 valence electrons. The molecule has 29 heavy (non-hydrogen) atoms. The Labute approximate surface area is 168 Å². The lowest BCUT2D eigenvalue weighted by Gasteiger charge is -2.28. The molecule has 1 atom stereocenters. The van der Waals surface area contributed by atoms with E-state index < -0.39 is 28.1 Å². The monoisotopic (exact) mass is 422 g/mol. The maximum atomic E-state index is 12.6. The van der Waals surface area contributed by atoms with Gasteiger partial charge in [0.05, 0.1) is 10.9 Å². The van der Waals surface area contributed by atoms with Crippen LogP contribution in [0.3, 0.4) is 0 Å². The molecule has 0 saturated carbocycles. The number of sulfonamides is 1. The summed E-state index contributed by atoms with van der Waals surface area (Å²) < 4.78 is 32.9. The zero-order chi connectivity index (χ0) is 21.2. The van der Waals surface area contributed by atoms with Crippen molar-refractivity contribution in [3.05, 3.63) is 35.4 Å². The summed E-state index contributed by atoms with van der Waals surface area (Å²) in [5, 5.41) is 4.94. The molecule has 2 aliphatic heterocycles. The molecule has 10 nitrogen and oxygen atoms in total. The van der Waals surface area contributed by atoms with Crippen LogP contribution in [-0.2, 0) is 27.7 Å². The Morgan fingerprint density at radius 1 is 1.31 bits per heavy atom. The van der Waals surface area contributed by atoms with Gasteiger partial charge in [0.2, 0.25) is 0 Å². The quantitative estimate of drug-likeness (QED) is 0.638.